The average Bonchev–Trinajstić information content (AvgIpc) is 3.24. The Morgan fingerprint density at radius 3 is 2.38 bits per heavy atom. The summed E-state index contributed by atoms with van der Waals surface area (Å²) in [6.45, 7) is 5.32. The van der Waals surface area contributed by atoms with Crippen LogP contribution in [0.15, 0.2) is 48.5 Å². The third kappa shape index (κ3) is 4.32. The van der Waals surface area contributed by atoms with Crippen molar-refractivity contribution in [1.82, 2.24) is 10.2 Å². The predicted octanol–water partition coefficient (Wildman–Crippen LogP) is 4.80. The number of hydrogen-bond donors (Lipinski definition) is 1. The van der Waals surface area contributed by atoms with E-state index in [1.165, 1.54) is 19.3 Å². The second kappa shape index (κ2) is 9.00. The Morgan fingerprint density at radius 2 is 1.79 bits per heavy atom. The molecule has 0 spiro atoms. The Kier molecular flexibility index (Phi) is 6.19. The van der Waals surface area contributed by atoms with Gasteiger partial charge in [0.15, 0.2) is 0 Å². The SMILES string of the molecule is CCCC(CC1CCNC1)CN(C)C(=O)C1c2ccccc2Oc2ccccc21. The molecule has 2 aromatic carbocycles. The summed E-state index contributed by atoms with van der Waals surface area (Å²) in [5.41, 5.74) is 1.94. The summed E-state index contributed by atoms with van der Waals surface area (Å²) in [7, 11) is 1.97. The fourth-order valence-corrected chi connectivity index (χ4v) is 4.95. The van der Waals surface area contributed by atoms with Gasteiger partial charge >= 0.3 is 0 Å². The first kappa shape index (κ1) is 20.0. The van der Waals surface area contributed by atoms with Gasteiger partial charge in [-0.25, -0.2) is 0 Å². The largest absolute Gasteiger partial charge is 0.457 e. The maximum absolute atomic E-state index is 13.7. The second-order valence-corrected chi connectivity index (χ2v) is 8.58. The van der Waals surface area contributed by atoms with Gasteiger partial charge in [-0.05, 0) is 56.3 Å². The quantitative estimate of drug-likeness (QED) is 0.736. The van der Waals surface area contributed by atoms with Crippen LogP contribution in [0.3, 0.4) is 0 Å². The molecule has 1 saturated heterocycles. The van der Waals surface area contributed by atoms with Gasteiger partial charge in [0.05, 0.1) is 5.92 Å². The van der Waals surface area contributed by atoms with Gasteiger partial charge in [-0.3, -0.25) is 4.79 Å². The molecule has 0 saturated carbocycles. The molecule has 4 rings (SSSR count). The lowest BCUT2D eigenvalue weighted by molar-refractivity contribution is -0.131. The predicted molar refractivity (Wildman–Crippen MR) is 116 cm³/mol. The number of rotatable bonds is 7. The number of nitrogens with one attached hydrogen (secondary N) is 1. The molecule has 2 aliphatic rings. The van der Waals surface area contributed by atoms with Gasteiger partial charge in [0.2, 0.25) is 5.91 Å². The lowest BCUT2D eigenvalue weighted by Crippen LogP contribution is -2.37. The average molecular weight is 393 g/mol. The minimum absolute atomic E-state index is 0.166. The highest BCUT2D eigenvalue weighted by Crippen LogP contribution is 2.44. The standard InChI is InChI=1S/C25H32N2O2/c1-3-8-19(15-18-13-14-26-16-18)17-27(2)25(28)24-20-9-4-6-11-22(20)29-23-12-7-5-10-21(23)24/h4-7,9-12,18-19,24,26H,3,8,13-17H2,1-2H3. The van der Waals surface area contributed by atoms with Crippen LogP contribution in [0.4, 0.5) is 0 Å². The zero-order chi connectivity index (χ0) is 20.2. The number of carbonyl (C=O) groups is 1. The first-order valence-corrected chi connectivity index (χ1v) is 11.0. The summed E-state index contributed by atoms with van der Waals surface area (Å²) in [6, 6.07) is 15.9. The van der Waals surface area contributed by atoms with Crippen molar-refractivity contribution in [2.45, 2.75) is 38.5 Å². The third-order valence-electron chi connectivity index (χ3n) is 6.36. The Hall–Kier alpha value is -2.33. The van der Waals surface area contributed by atoms with E-state index in [-0.39, 0.29) is 11.8 Å². The molecule has 2 atom stereocenters. The molecular weight excluding hydrogens is 360 g/mol. The molecule has 0 aromatic heterocycles. The van der Waals surface area contributed by atoms with Gasteiger partial charge in [-0.2, -0.15) is 0 Å². The normalized spacial score (nSPS) is 19.2. The van der Waals surface area contributed by atoms with Crippen LogP contribution in [-0.2, 0) is 4.79 Å². The fraction of sp³-hybridized carbons (Fsp3) is 0.480. The maximum Gasteiger partial charge on any atom is 0.234 e. The van der Waals surface area contributed by atoms with E-state index in [2.05, 4.69) is 12.2 Å². The minimum atomic E-state index is -0.295. The van der Waals surface area contributed by atoms with Gasteiger partial charge in [0.25, 0.3) is 0 Å². The smallest absolute Gasteiger partial charge is 0.234 e. The van der Waals surface area contributed by atoms with Gasteiger partial charge in [-0.1, -0.05) is 49.7 Å². The third-order valence-corrected chi connectivity index (χ3v) is 6.36. The molecule has 2 unspecified atom stereocenters. The van der Waals surface area contributed by atoms with Crippen LogP contribution in [0.2, 0.25) is 0 Å². The van der Waals surface area contributed by atoms with Crippen LogP contribution in [-0.4, -0.2) is 37.5 Å². The maximum atomic E-state index is 13.7. The van der Waals surface area contributed by atoms with Crippen molar-refractivity contribution in [3.05, 3.63) is 59.7 Å². The van der Waals surface area contributed by atoms with Crippen molar-refractivity contribution in [2.24, 2.45) is 11.8 Å². The van der Waals surface area contributed by atoms with Crippen molar-refractivity contribution in [1.29, 1.82) is 0 Å². The number of benzene rings is 2. The number of para-hydroxylation sites is 2. The van der Waals surface area contributed by atoms with Crippen LogP contribution >= 0.6 is 0 Å². The Bertz CT molecular complexity index is 799. The number of fused-ring (bicyclic) bond motifs is 2. The minimum Gasteiger partial charge on any atom is -0.457 e. The number of ether oxygens (including phenoxy) is 1. The number of likely N-dealkylation sites (N-methyl/N-ethyl adjacent to an activating group) is 1. The molecule has 0 aliphatic carbocycles. The topological polar surface area (TPSA) is 41.6 Å². The van der Waals surface area contributed by atoms with Crippen molar-refractivity contribution < 1.29 is 9.53 Å². The molecule has 1 fully saturated rings. The van der Waals surface area contributed by atoms with E-state index in [1.54, 1.807) is 0 Å². The molecule has 1 amide bonds. The molecule has 0 bridgehead atoms. The summed E-state index contributed by atoms with van der Waals surface area (Å²) in [5.74, 6) is 2.76. The summed E-state index contributed by atoms with van der Waals surface area (Å²) in [6.07, 6.45) is 4.81. The molecule has 2 heterocycles. The van der Waals surface area contributed by atoms with Crippen LogP contribution in [0.25, 0.3) is 0 Å². The first-order chi connectivity index (χ1) is 14.2. The van der Waals surface area contributed by atoms with Crippen LogP contribution in [0.1, 0.15) is 49.7 Å². The van der Waals surface area contributed by atoms with Crippen LogP contribution < -0.4 is 10.1 Å². The first-order valence-electron chi connectivity index (χ1n) is 11.0. The molecule has 29 heavy (non-hydrogen) atoms. The molecular formula is C25H32N2O2. The molecule has 4 nitrogen and oxygen atoms in total. The van der Waals surface area contributed by atoms with Gasteiger partial charge in [0, 0.05) is 24.7 Å². The summed E-state index contributed by atoms with van der Waals surface area (Å²) >= 11 is 0. The van der Waals surface area contributed by atoms with Gasteiger partial charge < -0.3 is 15.0 Å². The lowest BCUT2D eigenvalue weighted by Gasteiger charge is -2.32. The monoisotopic (exact) mass is 392 g/mol. The highest BCUT2D eigenvalue weighted by Gasteiger charge is 2.34. The van der Waals surface area contributed by atoms with Crippen molar-refractivity contribution in [3.63, 3.8) is 0 Å². The highest BCUT2D eigenvalue weighted by molar-refractivity contribution is 5.89. The number of amides is 1. The van der Waals surface area contributed by atoms with Crippen LogP contribution in [0.5, 0.6) is 11.5 Å². The van der Waals surface area contributed by atoms with E-state index in [0.29, 0.717) is 5.92 Å². The zero-order valence-electron chi connectivity index (χ0n) is 17.6. The Labute approximate surface area is 174 Å². The van der Waals surface area contributed by atoms with Gasteiger partial charge in [-0.15, -0.1) is 0 Å². The number of carbonyl (C=O) groups excluding carboxylic acids is 1. The van der Waals surface area contributed by atoms with E-state index in [4.69, 9.17) is 4.74 Å². The lowest BCUT2D eigenvalue weighted by atomic mass is 9.86. The summed E-state index contributed by atoms with van der Waals surface area (Å²) in [5, 5.41) is 3.48. The zero-order valence-corrected chi connectivity index (χ0v) is 17.6. The molecule has 4 heteroatoms. The highest BCUT2D eigenvalue weighted by atomic mass is 16.5. The Morgan fingerprint density at radius 1 is 1.14 bits per heavy atom. The second-order valence-electron chi connectivity index (χ2n) is 8.58. The molecule has 1 N–H and O–H groups in total. The van der Waals surface area contributed by atoms with E-state index < -0.39 is 0 Å². The van der Waals surface area contributed by atoms with E-state index in [1.807, 2.05) is 60.5 Å². The summed E-state index contributed by atoms with van der Waals surface area (Å²) < 4.78 is 6.07. The molecule has 0 radical (unpaired) electrons. The van der Waals surface area contributed by atoms with Crippen LogP contribution in [0, 0.1) is 11.8 Å². The molecule has 2 aromatic rings. The molecule has 154 valence electrons. The number of nitrogens with zero attached hydrogens (tertiary/aromatic N) is 1. The number of hydrogen-bond acceptors (Lipinski definition) is 3. The fourth-order valence-electron chi connectivity index (χ4n) is 4.95. The molecule has 2 aliphatic heterocycles. The van der Waals surface area contributed by atoms with E-state index in [9.17, 15) is 4.79 Å². The van der Waals surface area contributed by atoms with Crippen molar-refractivity contribution in [2.75, 3.05) is 26.7 Å². The van der Waals surface area contributed by atoms with E-state index >= 15 is 0 Å². The van der Waals surface area contributed by atoms with E-state index in [0.717, 1.165) is 54.6 Å². The summed E-state index contributed by atoms with van der Waals surface area (Å²) in [4.78, 5) is 15.6. The Balaban J connectivity index is 1.55. The van der Waals surface area contributed by atoms with Crippen molar-refractivity contribution >= 4 is 5.91 Å². The van der Waals surface area contributed by atoms with Gasteiger partial charge in [0.1, 0.15) is 11.5 Å². The van der Waals surface area contributed by atoms with Crippen molar-refractivity contribution in [3.8, 4) is 11.5 Å².